The smallest absolute Gasteiger partial charge is 0.253 e. The van der Waals surface area contributed by atoms with Gasteiger partial charge in [0.1, 0.15) is 0 Å². The molecule has 0 aliphatic carbocycles. The zero-order valence-corrected chi connectivity index (χ0v) is 19.0. The molecular formula is C17H15N5O2S5. The van der Waals surface area contributed by atoms with E-state index in [4.69, 9.17) is 5.73 Å². The van der Waals surface area contributed by atoms with E-state index >= 15 is 0 Å². The quantitative estimate of drug-likeness (QED) is 0.492. The van der Waals surface area contributed by atoms with Gasteiger partial charge >= 0.3 is 0 Å². The molecule has 4 heterocycles. The molecule has 1 unspecified atom stereocenters. The van der Waals surface area contributed by atoms with Gasteiger partial charge in [0.25, 0.3) is 5.91 Å². The van der Waals surface area contributed by atoms with Crippen molar-refractivity contribution in [1.29, 1.82) is 0 Å². The highest BCUT2D eigenvalue weighted by atomic mass is 32.2. The Morgan fingerprint density at radius 1 is 1.10 bits per heavy atom. The highest BCUT2D eigenvalue weighted by molar-refractivity contribution is 8.03. The summed E-state index contributed by atoms with van der Waals surface area (Å²) in [5, 5.41) is 18.4. The normalized spacial score (nSPS) is 16.2. The molecular weight excluding hydrogens is 467 g/mol. The number of nitrogens with zero attached hydrogens (tertiary/aromatic N) is 4. The third-order valence-electron chi connectivity index (χ3n) is 3.89. The Morgan fingerprint density at radius 2 is 1.83 bits per heavy atom. The van der Waals surface area contributed by atoms with Gasteiger partial charge in [0, 0.05) is 11.3 Å². The number of nitrogens with two attached hydrogens (primary N) is 1. The Bertz CT molecular complexity index is 1020. The highest BCUT2D eigenvalue weighted by Gasteiger charge is 2.34. The molecule has 2 N–H and O–H groups in total. The van der Waals surface area contributed by atoms with Gasteiger partial charge in [0.2, 0.25) is 5.91 Å². The first-order valence-corrected chi connectivity index (χ1v) is 13.0. The monoisotopic (exact) mass is 481 g/mol. The standard InChI is InChI=1S/C17H15N5O2S5/c18-14(23)8-27-16-19-20-17(29-16)28-9-15(24)22-11(13-4-2-6-26-13)7-10(21-22)12-3-1-5-25-12/h1-6,11H,7-9H2,(H2,18,23). The molecule has 7 nitrogen and oxygen atoms in total. The summed E-state index contributed by atoms with van der Waals surface area (Å²) in [6.07, 6.45) is 0.712. The van der Waals surface area contributed by atoms with E-state index in [0.717, 1.165) is 15.5 Å². The van der Waals surface area contributed by atoms with Crippen LogP contribution in [0.3, 0.4) is 0 Å². The molecule has 0 fully saturated rings. The number of thiophene rings is 2. The molecule has 1 aliphatic heterocycles. The lowest BCUT2D eigenvalue weighted by atomic mass is 10.1. The van der Waals surface area contributed by atoms with Crippen molar-refractivity contribution in [2.24, 2.45) is 10.8 Å². The number of carbonyl (C=O) groups is 2. The summed E-state index contributed by atoms with van der Waals surface area (Å²) in [4.78, 5) is 26.0. The van der Waals surface area contributed by atoms with Crippen LogP contribution in [0.25, 0.3) is 0 Å². The van der Waals surface area contributed by atoms with Crippen molar-refractivity contribution >= 4 is 75.1 Å². The summed E-state index contributed by atoms with van der Waals surface area (Å²) in [6, 6.07) is 7.99. The lowest BCUT2D eigenvalue weighted by molar-refractivity contribution is -0.130. The van der Waals surface area contributed by atoms with Crippen molar-refractivity contribution in [3.63, 3.8) is 0 Å². The SMILES string of the molecule is NC(=O)CSc1nnc(SCC(=O)N2N=C(c3cccs3)CC2c2cccs2)s1. The molecule has 0 radical (unpaired) electrons. The largest absolute Gasteiger partial charge is 0.369 e. The van der Waals surface area contributed by atoms with Crippen LogP contribution >= 0.6 is 57.5 Å². The minimum atomic E-state index is -0.400. The predicted molar refractivity (Wildman–Crippen MR) is 120 cm³/mol. The molecule has 3 aromatic heterocycles. The van der Waals surface area contributed by atoms with Gasteiger partial charge in [-0.15, -0.1) is 32.9 Å². The summed E-state index contributed by atoms with van der Waals surface area (Å²) in [5.74, 6) is -0.0865. The van der Waals surface area contributed by atoms with E-state index in [1.165, 1.54) is 34.9 Å². The van der Waals surface area contributed by atoms with Crippen molar-refractivity contribution in [3.8, 4) is 0 Å². The second-order valence-electron chi connectivity index (χ2n) is 5.88. The van der Waals surface area contributed by atoms with Gasteiger partial charge in [0.15, 0.2) is 8.68 Å². The van der Waals surface area contributed by atoms with Crippen LogP contribution < -0.4 is 5.73 Å². The number of amides is 2. The molecule has 2 amide bonds. The lowest BCUT2D eigenvalue weighted by Crippen LogP contribution is -2.28. The molecule has 0 saturated heterocycles. The van der Waals surface area contributed by atoms with Crippen LogP contribution in [0.1, 0.15) is 22.2 Å². The zero-order chi connectivity index (χ0) is 20.2. The van der Waals surface area contributed by atoms with Crippen molar-refractivity contribution in [2.75, 3.05) is 11.5 Å². The van der Waals surface area contributed by atoms with E-state index in [-0.39, 0.29) is 23.5 Å². The van der Waals surface area contributed by atoms with Crippen molar-refractivity contribution in [3.05, 3.63) is 44.8 Å². The molecule has 1 aliphatic rings. The summed E-state index contributed by atoms with van der Waals surface area (Å²) in [7, 11) is 0. The van der Waals surface area contributed by atoms with Crippen molar-refractivity contribution in [1.82, 2.24) is 15.2 Å². The third kappa shape index (κ3) is 5.07. The van der Waals surface area contributed by atoms with Gasteiger partial charge in [-0.2, -0.15) is 5.10 Å². The van der Waals surface area contributed by atoms with E-state index < -0.39 is 5.91 Å². The fourth-order valence-corrected chi connectivity index (χ4v) is 6.81. The summed E-state index contributed by atoms with van der Waals surface area (Å²) >= 11 is 7.19. The average molecular weight is 482 g/mol. The number of hydrogen-bond donors (Lipinski definition) is 1. The summed E-state index contributed by atoms with van der Waals surface area (Å²) in [5.41, 5.74) is 6.09. The van der Waals surface area contributed by atoms with E-state index in [2.05, 4.69) is 15.3 Å². The van der Waals surface area contributed by atoms with Crippen LogP contribution in [0, 0.1) is 0 Å². The fraction of sp³-hybridized carbons (Fsp3) is 0.235. The molecule has 4 rings (SSSR count). The van der Waals surface area contributed by atoms with Gasteiger partial charge in [-0.25, -0.2) is 5.01 Å². The molecule has 29 heavy (non-hydrogen) atoms. The van der Waals surface area contributed by atoms with Crippen LogP contribution in [0.2, 0.25) is 0 Å². The first-order chi connectivity index (χ1) is 14.1. The maximum Gasteiger partial charge on any atom is 0.253 e. The Morgan fingerprint density at radius 3 is 2.48 bits per heavy atom. The van der Waals surface area contributed by atoms with Crippen LogP contribution in [-0.2, 0) is 9.59 Å². The molecule has 0 aromatic carbocycles. The van der Waals surface area contributed by atoms with Gasteiger partial charge in [-0.1, -0.05) is 47.0 Å². The van der Waals surface area contributed by atoms with Crippen LogP contribution in [0.5, 0.6) is 0 Å². The summed E-state index contributed by atoms with van der Waals surface area (Å²) in [6.45, 7) is 0. The first-order valence-electron chi connectivity index (χ1n) is 8.44. The lowest BCUT2D eigenvalue weighted by Gasteiger charge is -2.20. The fourth-order valence-electron chi connectivity index (χ4n) is 2.67. The van der Waals surface area contributed by atoms with Crippen LogP contribution in [-0.4, -0.2) is 44.2 Å². The molecule has 0 bridgehead atoms. The highest BCUT2D eigenvalue weighted by Crippen LogP contribution is 2.37. The molecule has 150 valence electrons. The second kappa shape index (κ2) is 9.39. The second-order valence-corrected chi connectivity index (χ2v) is 11.2. The predicted octanol–water partition coefficient (Wildman–Crippen LogP) is 3.71. The minimum absolute atomic E-state index is 0.0681. The zero-order valence-electron chi connectivity index (χ0n) is 14.9. The molecule has 1 atom stereocenters. The number of rotatable bonds is 8. The van der Waals surface area contributed by atoms with Gasteiger partial charge in [-0.05, 0) is 22.9 Å². The maximum atomic E-state index is 13.0. The average Bonchev–Trinajstić information content (AvgIpc) is 3.49. The van der Waals surface area contributed by atoms with E-state index in [1.807, 2.05) is 35.0 Å². The topological polar surface area (TPSA) is 102 Å². The number of aromatic nitrogens is 2. The molecule has 12 heteroatoms. The van der Waals surface area contributed by atoms with Crippen LogP contribution in [0.15, 0.2) is 48.8 Å². The Hall–Kier alpha value is -1.73. The van der Waals surface area contributed by atoms with E-state index in [9.17, 15) is 9.59 Å². The van der Waals surface area contributed by atoms with Crippen LogP contribution in [0.4, 0.5) is 0 Å². The number of hydrazone groups is 1. The van der Waals surface area contributed by atoms with Gasteiger partial charge in [0.05, 0.1) is 28.1 Å². The van der Waals surface area contributed by atoms with Crippen molar-refractivity contribution < 1.29 is 9.59 Å². The van der Waals surface area contributed by atoms with Gasteiger partial charge < -0.3 is 5.73 Å². The Kier molecular flexibility index (Phi) is 6.65. The summed E-state index contributed by atoms with van der Waals surface area (Å²) < 4.78 is 1.34. The van der Waals surface area contributed by atoms with Crippen molar-refractivity contribution in [2.45, 2.75) is 21.1 Å². The minimum Gasteiger partial charge on any atom is -0.369 e. The Balaban J connectivity index is 1.43. The molecule has 0 spiro atoms. The van der Waals surface area contributed by atoms with E-state index in [1.54, 1.807) is 27.7 Å². The third-order valence-corrected chi connectivity index (χ3v) is 8.98. The number of carbonyl (C=O) groups excluding carboxylic acids is 2. The van der Waals surface area contributed by atoms with Gasteiger partial charge in [-0.3, -0.25) is 9.59 Å². The number of hydrogen-bond acceptors (Lipinski definition) is 10. The Labute approximate surface area is 187 Å². The maximum absolute atomic E-state index is 13.0. The van der Waals surface area contributed by atoms with E-state index in [0.29, 0.717) is 15.1 Å². The molecule has 3 aromatic rings. The number of thioether (sulfide) groups is 2. The number of primary amides is 1. The first kappa shape index (κ1) is 20.5. The molecule has 0 saturated carbocycles.